The topological polar surface area (TPSA) is 35.2 Å². The van der Waals surface area contributed by atoms with Gasteiger partial charge < -0.3 is 10.5 Å². The molecule has 1 unspecified atom stereocenters. The van der Waals surface area contributed by atoms with E-state index in [1.54, 1.807) is 0 Å². The minimum atomic E-state index is -0.947. The molecule has 4 heteroatoms. The molecule has 1 aromatic rings. The number of rotatable bonds is 4. The number of hydrogen-bond donors (Lipinski definition) is 1. The van der Waals surface area contributed by atoms with Crippen LogP contribution in [0, 0.1) is 17.6 Å². The maximum absolute atomic E-state index is 13.0. The van der Waals surface area contributed by atoms with Crippen LogP contribution in [-0.2, 0) is 0 Å². The van der Waals surface area contributed by atoms with Crippen LogP contribution in [0.25, 0.3) is 0 Å². The molecule has 1 atom stereocenters. The fourth-order valence-electron chi connectivity index (χ4n) is 0.896. The van der Waals surface area contributed by atoms with Crippen LogP contribution in [0.1, 0.15) is 6.92 Å². The summed E-state index contributed by atoms with van der Waals surface area (Å²) in [5.74, 6) is -1.79. The van der Waals surface area contributed by atoms with Gasteiger partial charge in [0.05, 0.1) is 6.61 Å². The third-order valence-corrected chi connectivity index (χ3v) is 1.84. The van der Waals surface area contributed by atoms with Gasteiger partial charge in [-0.2, -0.15) is 4.39 Å². The quantitative estimate of drug-likeness (QED) is 0.807. The summed E-state index contributed by atoms with van der Waals surface area (Å²) in [5, 5.41) is 0. The lowest BCUT2D eigenvalue weighted by atomic mass is 10.2. The van der Waals surface area contributed by atoms with Crippen molar-refractivity contribution in [1.29, 1.82) is 0 Å². The monoisotopic (exact) mass is 201 g/mol. The number of hydrogen-bond acceptors (Lipinski definition) is 2. The molecule has 0 aliphatic heterocycles. The molecule has 0 aliphatic rings. The Hall–Kier alpha value is -1.16. The van der Waals surface area contributed by atoms with Crippen molar-refractivity contribution in [3.05, 3.63) is 29.8 Å². The standard InChI is InChI=1S/C10H13F2NO/c1-7(5-13)6-14-9-4-2-3-8(11)10(9)12/h2-4,7H,5-6,13H2,1H3. The predicted molar refractivity (Wildman–Crippen MR) is 50.1 cm³/mol. The molecule has 14 heavy (non-hydrogen) atoms. The van der Waals surface area contributed by atoms with Crippen molar-refractivity contribution in [2.75, 3.05) is 13.2 Å². The van der Waals surface area contributed by atoms with E-state index in [1.165, 1.54) is 12.1 Å². The van der Waals surface area contributed by atoms with E-state index in [2.05, 4.69) is 0 Å². The molecule has 1 aromatic carbocycles. The highest BCUT2D eigenvalue weighted by Crippen LogP contribution is 2.19. The highest BCUT2D eigenvalue weighted by molar-refractivity contribution is 5.24. The molecule has 0 radical (unpaired) electrons. The fraction of sp³-hybridized carbons (Fsp3) is 0.400. The summed E-state index contributed by atoms with van der Waals surface area (Å²) in [4.78, 5) is 0. The van der Waals surface area contributed by atoms with Crippen LogP contribution in [-0.4, -0.2) is 13.2 Å². The van der Waals surface area contributed by atoms with E-state index in [-0.39, 0.29) is 18.3 Å². The van der Waals surface area contributed by atoms with Crippen molar-refractivity contribution in [3.8, 4) is 5.75 Å². The van der Waals surface area contributed by atoms with Gasteiger partial charge in [0.2, 0.25) is 5.82 Å². The Labute approximate surface area is 81.7 Å². The van der Waals surface area contributed by atoms with Crippen LogP contribution in [0.3, 0.4) is 0 Å². The Balaban J connectivity index is 2.63. The summed E-state index contributed by atoms with van der Waals surface area (Å²) in [6.07, 6.45) is 0. The number of nitrogens with two attached hydrogens (primary N) is 1. The van der Waals surface area contributed by atoms with Gasteiger partial charge in [0.25, 0.3) is 0 Å². The van der Waals surface area contributed by atoms with Gasteiger partial charge in [-0.25, -0.2) is 4.39 Å². The molecule has 0 aliphatic carbocycles. The lowest BCUT2D eigenvalue weighted by molar-refractivity contribution is 0.249. The molecule has 0 saturated carbocycles. The first kappa shape index (κ1) is 10.9. The molecule has 78 valence electrons. The average molecular weight is 201 g/mol. The van der Waals surface area contributed by atoms with Crippen molar-refractivity contribution in [1.82, 2.24) is 0 Å². The summed E-state index contributed by atoms with van der Waals surface area (Å²) < 4.78 is 30.8. The highest BCUT2D eigenvalue weighted by Gasteiger charge is 2.09. The molecule has 2 nitrogen and oxygen atoms in total. The average Bonchev–Trinajstić information content (AvgIpc) is 2.20. The second kappa shape index (κ2) is 4.91. The SMILES string of the molecule is CC(CN)COc1cccc(F)c1F. The maximum Gasteiger partial charge on any atom is 0.200 e. The molecule has 0 spiro atoms. The number of ether oxygens (including phenoxy) is 1. The van der Waals surface area contributed by atoms with Gasteiger partial charge in [-0.1, -0.05) is 13.0 Å². The summed E-state index contributed by atoms with van der Waals surface area (Å²) in [5.41, 5.74) is 5.36. The van der Waals surface area contributed by atoms with Gasteiger partial charge in [-0.05, 0) is 18.7 Å². The van der Waals surface area contributed by atoms with Gasteiger partial charge in [-0.3, -0.25) is 0 Å². The minimum Gasteiger partial charge on any atom is -0.490 e. The van der Waals surface area contributed by atoms with Crippen molar-refractivity contribution in [2.24, 2.45) is 11.7 Å². The lowest BCUT2D eigenvalue weighted by Gasteiger charge is -2.11. The minimum absolute atomic E-state index is 0.0645. The molecule has 0 saturated heterocycles. The van der Waals surface area contributed by atoms with E-state index >= 15 is 0 Å². The normalized spacial score (nSPS) is 12.6. The molecule has 1 rings (SSSR count). The molecule has 0 aromatic heterocycles. The van der Waals surface area contributed by atoms with Crippen LogP contribution < -0.4 is 10.5 Å². The molecule has 0 heterocycles. The van der Waals surface area contributed by atoms with Crippen LogP contribution in [0.2, 0.25) is 0 Å². The Morgan fingerprint density at radius 1 is 1.43 bits per heavy atom. The Morgan fingerprint density at radius 2 is 2.14 bits per heavy atom. The fourth-order valence-corrected chi connectivity index (χ4v) is 0.896. The smallest absolute Gasteiger partial charge is 0.200 e. The van der Waals surface area contributed by atoms with E-state index in [0.29, 0.717) is 6.54 Å². The molecule has 0 bridgehead atoms. The molecule has 2 N–H and O–H groups in total. The first-order valence-corrected chi connectivity index (χ1v) is 4.42. The van der Waals surface area contributed by atoms with E-state index in [9.17, 15) is 8.78 Å². The summed E-state index contributed by atoms with van der Waals surface area (Å²) in [6, 6.07) is 3.84. The number of halogens is 2. The van der Waals surface area contributed by atoms with Gasteiger partial charge >= 0.3 is 0 Å². The zero-order valence-corrected chi connectivity index (χ0v) is 7.97. The third kappa shape index (κ3) is 2.67. The summed E-state index contributed by atoms with van der Waals surface area (Å²) in [6.45, 7) is 2.62. The van der Waals surface area contributed by atoms with Crippen molar-refractivity contribution in [2.45, 2.75) is 6.92 Å². The van der Waals surface area contributed by atoms with E-state index < -0.39 is 11.6 Å². The zero-order chi connectivity index (χ0) is 10.6. The van der Waals surface area contributed by atoms with Gasteiger partial charge in [-0.15, -0.1) is 0 Å². The lowest BCUT2D eigenvalue weighted by Crippen LogP contribution is -2.18. The Kier molecular flexibility index (Phi) is 3.83. The van der Waals surface area contributed by atoms with E-state index in [1.807, 2.05) is 6.92 Å². The highest BCUT2D eigenvalue weighted by atomic mass is 19.2. The van der Waals surface area contributed by atoms with Crippen molar-refractivity contribution in [3.63, 3.8) is 0 Å². The second-order valence-corrected chi connectivity index (χ2v) is 3.20. The largest absolute Gasteiger partial charge is 0.490 e. The molecule has 0 amide bonds. The van der Waals surface area contributed by atoms with Gasteiger partial charge in [0.1, 0.15) is 0 Å². The van der Waals surface area contributed by atoms with Crippen LogP contribution >= 0.6 is 0 Å². The van der Waals surface area contributed by atoms with Crippen LogP contribution in [0.4, 0.5) is 8.78 Å². The van der Waals surface area contributed by atoms with E-state index in [4.69, 9.17) is 10.5 Å². The number of benzene rings is 1. The van der Waals surface area contributed by atoms with Gasteiger partial charge in [0.15, 0.2) is 11.6 Å². The first-order valence-electron chi connectivity index (χ1n) is 4.42. The Bertz CT molecular complexity index is 304. The van der Waals surface area contributed by atoms with Crippen LogP contribution in [0.5, 0.6) is 5.75 Å². The Morgan fingerprint density at radius 3 is 2.79 bits per heavy atom. The molecular formula is C10H13F2NO. The molecular weight excluding hydrogens is 188 g/mol. The third-order valence-electron chi connectivity index (χ3n) is 1.84. The second-order valence-electron chi connectivity index (χ2n) is 3.20. The first-order chi connectivity index (χ1) is 6.65. The predicted octanol–water partition coefficient (Wildman–Crippen LogP) is 1.94. The summed E-state index contributed by atoms with van der Waals surface area (Å²) in [7, 11) is 0. The summed E-state index contributed by atoms with van der Waals surface area (Å²) >= 11 is 0. The van der Waals surface area contributed by atoms with Gasteiger partial charge in [0, 0.05) is 5.92 Å². The van der Waals surface area contributed by atoms with E-state index in [0.717, 1.165) is 6.07 Å². The maximum atomic E-state index is 13.0. The zero-order valence-electron chi connectivity index (χ0n) is 7.97. The van der Waals surface area contributed by atoms with Crippen molar-refractivity contribution >= 4 is 0 Å². The van der Waals surface area contributed by atoms with Crippen LogP contribution in [0.15, 0.2) is 18.2 Å². The molecule has 0 fully saturated rings. The van der Waals surface area contributed by atoms with Crippen molar-refractivity contribution < 1.29 is 13.5 Å².